The number of aryl methyl sites for hydroxylation is 1. The van der Waals surface area contributed by atoms with Crippen molar-refractivity contribution < 1.29 is 9.53 Å². The van der Waals surface area contributed by atoms with E-state index in [1.54, 1.807) is 19.5 Å². The van der Waals surface area contributed by atoms with Crippen molar-refractivity contribution in [1.29, 1.82) is 0 Å². The Hall–Kier alpha value is -3.93. The highest BCUT2D eigenvalue weighted by Crippen LogP contribution is 2.28. The largest absolute Gasteiger partial charge is 0.497 e. The van der Waals surface area contributed by atoms with Crippen LogP contribution in [0, 0.1) is 6.92 Å². The van der Waals surface area contributed by atoms with E-state index in [0.717, 1.165) is 52.3 Å². The van der Waals surface area contributed by atoms with Crippen LogP contribution < -0.4 is 9.64 Å². The fraction of sp³-hybridized carbons (Fsp3) is 0.222. The first-order chi connectivity index (χ1) is 16.1. The molecule has 0 radical (unpaired) electrons. The zero-order valence-corrected chi connectivity index (χ0v) is 18.9. The van der Waals surface area contributed by atoms with Crippen molar-refractivity contribution >= 4 is 22.5 Å². The molecule has 1 fully saturated rings. The molecular formula is C27H26N4O2. The SMILES string of the molecule is COc1ccc(N2CCN(C(=O)c3cc(-c4cccnc4)nc4c(C)cccc34)CC2)cc1. The Bertz CT molecular complexity index is 1280. The van der Waals surface area contributed by atoms with Gasteiger partial charge >= 0.3 is 0 Å². The van der Waals surface area contributed by atoms with Gasteiger partial charge in [-0.05, 0) is 55.0 Å². The van der Waals surface area contributed by atoms with Gasteiger partial charge in [-0.1, -0.05) is 18.2 Å². The van der Waals surface area contributed by atoms with E-state index in [0.29, 0.717) is 18.7 Å². The van der Waals surface area contributed by atoms with Gasteiger partial charge in [-0.2, -0.15) is 0 Å². The molecule has 0 bridgehead atoms. The van der Waals surface area contributed by atoms with Crippen molar-refractivity contribution in [2.45, 2.75) is 6.92 Å². The Morgan fingerprint density at radius 3 is 2.45 bits per heavy atom. The lowest BCUT2D eigenvalue weighted by atomic mass is 10.0. The normalized spacial score (nSPS) is 13.9. The molecule has 4 aromatic rings. The van der Waals surface area contributed by atoms with E-state index in [1.807, 2.05) is 60.4 Å². The fourth-order valence-electron chi connectivity index (χ4n) is 4.36. The Labute approximate surface area is 193 Å². The molecule has 0 spiro atoms. The Balaban J connectivity index is 1.43. The lowest BCUT2D eigenvalue weighted by Gasteiger charge is -2.36. The van der Waals surface area contributed by atoms with Crippen LogP contribution in [0.15, 0.2) is 73.1 Å². The van der Waals surface area contributed by atoms with Gasteiger partial charge in [-0.3, -0.25) is 9.78 Å². The maximum Gasteiger partial charge on any atom is 0.254 e. The highest BCUT2D eigenvalue weighted by atomic mass is 16.5. The maximum absolute atomic E-state index is 13.7. The lowest BCUT2D eigenvalue weighted by Crippen LogP contribution is -2.48. The van der Waals surface area contributed by atoms with Crippen molar-refractivity contribution in [3.63, 3.8) is 0 Å². The number of fused-ring (bicyclic) bond motifs is 1. The van der Waals surface area contributed by atoms with Gasteiger partial charge in [-0.25, -0.2) is 4.98 Å². The summed E-state index contributed by atoms with van der Waals surface area (Å²) >= 11 is 0. The lowest BCUT2D eigenvalue weighted by molar-refractivity contribution is 0.0748. The molecule has 2 aromatic heterocycles. The van der Waals surface area contributed by atoms with Crippen molar-refractivity contribution in [1.82, 2.24) is 14.9 Å². The third kappa shape index (κ3) is 4.12. The number of piperazine rings is 1. The first kappa shape index (κ1) is 20.9. The third-order valence-electron chi connectivity index (χ3n) is 6.23. The summed E-state index contributed by atoms with van der Waals surface area (Å²) in [7, 11) is 1.67. The summed E-state index contributed by atoms with van der Waals surface area (Å²) in [5, 5.41) is 0.894. The van der Waals surface area contributed by atoms with Crippen LogP contribution in [-0.4, -0.2) is 54.1 Å². The Morgan fingerprint density at radius 2 is 1.76 bits per heavy atom. The number of hydrogen-bond donors (Lipinski definition) is 0. The first-order valence-corrected chi connectivity index (χ1v) is 11.1. The summed E-state index contributed by atoms with van der Waals surface area (Å²) in [6, 6.07) is 19.9. The second-order valence-corrected chi connectivity index (χ2v) is 8.25. The minimum Gasteiger partial charge on any atom is -0.497 e. The summed E-state index contributed by atoms with van der Waals surface area (Å²) in [5.74, 6) is 0.893. The summed E-state index contributed by atoms with van der Waals surface area (Å²) in [6.45, 7) is 4.95. The summed E-state index contributed by atoms with van der Waals surface area (Å²) in [5.41, 5.74) is 5.43. The molecule has 6 nitrogen and oxygen atoms in total. The van der Waals surface area contributed by atoms with Gasteiger partial charge in [0, 0.05) is 55.2 Å². The monoisotopic (exact) mass is 438 g/mol. The molecule has 3 heterocycles. The van der Waals surface area contributed by atoms with Gasteiger partial charge in [0.25, 0.3) is 5.91 Å². The standard InChI is InChI=1S/C27H26N4O2/c1-19-5-3-7-23-24(17-25(29-26(19)23)20-6-4-12-28-18-20)27(32)31-15-13-30(14-16-31)21-8-10-22(33-2)11-9-21/h3-12,17-18H,13-16H2,1-2H3. The highest BCUT2D eigenvalue weighted by Gasteiger charge is 2.25. The quantitative estimate of drug-likeness (QED) is 0.467. The van der Waals surface area contributed by atoms with Gasteiger partial charge in [0.05, 0.1) is 23.9 Å². The fourth-order valence-corrected chi connectivity index (χ4v) is 4.36. The number of methoxy groups -OCH3 is 1. The molecular weight excluding hydrogens is 412 g/mol. The minimum absolute atomic E-state index is 0.0486. The van der Waals surface area contributed by atoms with Gasteiger partial charge in [0.15, 0.2) is 0 Å². The van der Waals surface area contributed by atoms with Crippen LogP contribution in [0.25, 0.3) is 22.2 Å². The topological polar surface area (TPSA) is 58.6 Å². The number of nitrogens with zero attached hydrogens (tertiary/aromatic N) is 4. The van der Waals surface area contributed by atoms with Crippen molar-refractivity contribution in [3.05, 3.63) is 84.2 Å². The molecule has 33 heavy (non-hydrogen) atoms. The molecule has 0 aliphatic carbocycles. The van der Waals surface area contributed by atoms with E-state index in [2.05, 4.69) is 22.0 Å². The zero-order chi connectivity index (χ0) is 22.8. The van der Waals surface area contributed by atoms with E-state index in [9.17, 15) is 4.79 Å². The molecule has 1 saturated heterocycles. The van der Waals surface area contributed by atoms with Crippen molar-refractivity contribution in [2.75, 3.05) is 38.2 Å². The predicted molar refractivity (Wildman–Crippen MR) is 131 cm³/mol. The number of amides is 1. The van der Waals surface area contributed by atoms with Crippen LogP contribution in [0.5, 0.6) is 5.75 Å². The number of carbonyl (C=O) groups excluding carboxylic acids is 1. The molecule has 0 unspecified atom stereocenters. The second-order valence-electron chi connectivity index (χ2n) is 8.25. The van der Waals surface area contributed by atoms with E-state index in [4.69, 9.17) is 9.72 Å². The van der Waals surface area contributed by atoms with Gasteiger partial charge in [0.2, 0.25) is 0 Å². The molecule has 6 heteroatoms. The summed E-state index contributed by atoms with van der Waals surface area (Å²) in [4.78, 5) is 27.0. The molecule has 1 aliphatic heterocycles. The Morgan fingerprint density at radius 1 is 0.970 bits per heavy atom. The van der Waals surface area contributed by atoms with Gasteiger partial charge in [-0.15, -0.1) is 0 Å². The van der Waals surface area contributed by atoms with Crippen LogP contribution in [0.4, 0.5) is 5.69 Å². The average Bonchev–Trinajstić information content (AvgIpc) is 2.89. The minimum atomic E-state index is 0.0486. The zero-order valence-electron chi connectivity index (χ0n) is 18.9. The van der Waals surface area contributed by atoms with Gasteiger partial charge in [0.1, 0.15) is 5.75 Å². The third-order valence-corrected chi connectivity index (χ3v) is 6.23. The number of pyridine rings is 2. The molecule has 0 atom stereocenters. The molecule has 5 rings (SSSR count). The molecule has 0 N–H and O–H groups in total. The first-order valence-electron chi connectivity index (χ1n) is 11.1. The smallest absolute Gasteiger partial charge is 0.254 e. The van der Waals surface area contributed by atoms with E-state index >= 15 is 0 Å². The van der Waals surface area contributed by atoms with Crippen LogP contribution in [0.1, 0.15) is 15.9 Å². The van der Waals surface area contributed by atoms with Crippen LogP contribution in [0.2, 0.25) is 0 Å². The molecule has 1 amide bonds. The molecule has 2 aromatic carbocycles. The number of aromatic nitrogens is 2. The molecule has 1 aliphatic rings. The Kier molecular flexibility index (Phi) is 5.65. The number of anilines is 1. The summed E-state index contributed by atoms with van der Waals surface area (Å²) in [6.07, 6.45) is 3.53. The van der Waals surface area contributed by atoms with E-state index < -0.39 is 0 Å². The molecule has 0 saturated carbocycles. The van der Waals surface area contributed by atoms with Gasteiger partial charge < -0.3 is 14.5 Å². The van der Waals surface area contributed by atoms with Crippen LogP contribution in [-0.2, 0) is 0 Å². The molecule has 166 valence electrons. The average molecular weight is 439 g/mol. The number of ether oxygens (including phenoxy) is 1. The van der Waals surface area contributed by atoms with Crippen molar-refractivity contribution in [3.8, 4) is 17.0 Å². The highest BCUT2D eigenvalue weighted by molar-refractivity contribution is 6.07. The number of benzene rings is 2. The maximum atomic E-state index is 13.7. The van der Waals surface area contributed by atoms with E-state index in [1.165, 1.54) is 0 Å². The number of hydrogen-bond acceptors (Lipinski definition) is 5. The van der Waals surface area contributed by atoms with Crippen molar-refractivity contribution in [2.24, 2.45) is 0 Å². The van der Waals surface area contributed by atoms with Crippen LogP contribution in [0.3, 0.4) is 0 Å². The second kappa shape index (κ2) is 8.90. The number of carbonyl (C=O) groups is 1. The van der Waals surface area contributed by atoms with Crippen LogP contribution >= 0.6 is 0 Å². The van der Waals surface area contributed by atoms with E-state index in [-0.39, 0.29) is 5.91 Å². The summed E-state index contributed by atoms with van der Waals surface area (Å²) < 4.78 is 5.26. The number of rotatable bonds is 4. The number of para-hydroxylation sites is 1. The predicted octanol–water partition coefficient (Wildman–Crippen LogP) is 4.58.